The maximum atomic E-state index is 9.55. The minimum absolute atomic E-state index is 0.425. The molecule has 23 heavy (non-hydrogen) atoms. The quantitative estimate of drug-likeness (QED) is 0.722. The zero-order valence-electron chi connectivity index (χ0n) is 11.7. The first-order valence-corrected chi connectivity index (χ1v) is 6.91. The third kappa shape index (κ3) is 6.52. The molecule has 1 aromatic carbocycles. The molecule has 0 aliphatic rings. The van der Waals surface area contributed by atoms with Crippen LogP contribution in [0.1, 0.15) is 5.69 Å². The lowest BCUT2D eigenvalue weighted by Gasteiger charge is -2.03. The van der Waals surface area contributed by atoms with Gasteiger partial charge in [0.25, 0.3) is 0 Å². The minimum atomic E-state index is -1.26. The SMILES string of the molecule is NCc1cn(-c2ccc(Cl)c(Cl)c2)cn1.O=C(O)C=CC(=O)O. The van der Waals surface area contributed by atoms with E-state index in [0.717, 1.165) is 11.4 Å². The predicted molar refractivity (Wildman–Crippen MR) is 85.9 cm³/mol. The molecule has 0 radical (unpaired) electrons. The van der Waals surface area contributed by atoms with Gasteiger partial charge in [0.05, 0.1) is 22.1 Å². The van der Waals surface area contributed by atoms with Crippen LogP contribution in [0.3, 0.4) is 0 Å². The summed E-state index contributed by atoms with van der Waals surface area (Å²) in [6, 6.07) is 5.41. The molecule has 0 saturated carbocycles. The normalized spacial score (nSPS) is 10.2. The maximum absolute atomic E-state index is 9.55. The summed E-state index contributed by atoms with van der Waals surface area (Å²) >= 11 is 11.7. The lowest BCUT2D eigenvalue weighted by atomic mass is 10.3. The van der Waals surface area contributed by atoms with Crippen LogP contribution >= 0.6 is 23.2 Å². The van der Waals surface area contributed by atoms with Crippen LogP contribution < -0.4 is 5.73 Å². The number of aliphatic carboxylic acids is 2. The molecule has 1 aromatic heterocycles. The molecule has 0 aliphatic carbocycles. The molecule has 122 valence electrons. The fourth-order valence-electron chi connectivity index (χ4n) is 1.40. The second kappa shape index (κ2) is 8.94. The van der Waals surface area contributed by atoms with E-state index in [1.54, 1.807) is 18.5 Å². The first-order chi connectivity index (χ1) is 10.8. The number of benzene rings is 1. The van der Waals surface area contributed by atoms with E-state index in [1.807, 2.05) is 16.8 Å². The first-order valence-electron chi connectivity index (χ1n) is 6.15. The molecule has 7 nitrogen and oxygen atoms in total. The van der Waals surface area contributed by atoms with Gasteiger partial charge in [0, 0.05) is 30.6 Å². The average Bonchev–Trinajstić information content (AvgIpc) is 2.97. The Morgan fingerprint density at radius 2 is 1.78 bits per heavy atom. The molecular weight excluding hydrogens is 345 g/mol. The lowest BCUT2D eigenvalue weighted by Crippen LogP contribution is -1.95. The van der Waals surface area contributed by atoms with Crippen molar-refractivity contribution >= 4 is 35.1 Å². The van der Waals surface area contributed by atoms with Gasteiger partial charge in [-0.2, -0.15) is 0 Å². The number of carboxylic acids is 2. The Balaban J connectivity index is 0.000000284. The van der Waals surface area contributed by atoms with Crippen molar-refractivity contribution in [1.29, 1.82) is 0 Å². The Labute approximate surface area is 141 Å². The molecule has 0 saturated heterocycles. The highest BCUT2D eigenvalue weighted by Crippen LogP contribution is 2.24. The molecule has 2 aromatic rings. The van der Waals surface area contributed by atoms with E-state index in [9.17, 15) is 9.59 Å². The van der Waals surface area contributed by atoms with Crippen molar-refractivity contribution < 1.29 is 19.8 Å². The highest BCUT2D eigenvalue weighted by atomic mass is 35.5. The van der Waals surface area contributed by atoms with Crippen LogP contribution in [0.2, 0.25) is 10.0 Å². The average molecular weight is 358 g/mol. The molecule has 0 bridgehead atoms. The minimum Gasteiger partial charge on any atom is -0.478 e. The van der Waals surface area contributed by atoms with Crippen molar-refractivity contribution in [2.45, 2.75) is 6.54 Å². The molecule has 0 aliphatic heterocycles. The molecule has 0 fully saturated rings. The number of nitrogens with two attached hydrogens (primary N) is 1. The van der Waals surface area contributed by atoms with E-state index in [4.69, 9.17) is 39.1 Å². The highest BCUT2D eigenvalue weighted by Gasteiger charge is 2.02. The molecule has 2 rings (SSSR count). The molecule has 0 atom stereocenters. The maximum Gasteiger partial charge on any atom is 0.328 e. The number of hydrogen-bond donors (Lipinski definition) is 3. The van der Waals surface area contributed by atoms with Gasteiger partial charge in [-0.05, 0) is 18.2 Å². The zero-order chi connectivity index (χ0) is 17.4. The number of hydrogen-bond acceptors (Lipinski definition) is 4. The summed E-state index contributed by atoms with van der Waals surface area (Å²) in [7, 11) is 0. The number of aromatic nitrogens is 2. The van der Waals surface area contributed by atoms with E-state index in [-0.39, 0.29) is 0 Å². The summed E-state index contributed by atoms with van der Waals surface area (Å²) < 4.78 is 1.85. The van der Waals surface area contributed by atoms with Crippen molar-refractivity contribution in [3.63, 3.8) is 0 Å². The Morgan fingerprint density at radius 1 is 1.17 bits per heavy atom. The van der Waals surface area contributed by atoms with Gasteiger partial charge < -0.3 is 20.5 Å². The summed E-state index contributed by atoms with van der Waals surface area (Å²) in [4.78, 5) is 23.2. The second-order valence-electron chi connectivity index (χ2n) is 4.08. The van der Waals surface area contributed by atoms with Gasteiger partial charge in [-0.1, -0.05) is 23.2 Å². The number of carbonyl (C=O) groups is 2. The Kier molecular flexibility index (Phi) is 7.27. The smallest absolute Gasteiger partial charge is 0.328 e. The summed E-state index contributed by atoms with van der Waals surface area (Å²) in [5.74, 6) is -2.51. The van der Waals surface area contributed by atoms with Gasteiger partial charge >= 0.3 is 11.9 Å². The molecule has 1 heterocycles. The van der Waals surface area contributed by atoms with Gasteiger partial charge in [0.1, 0.15) is 0 Å². The van der Waals surface area contributed by atoms with Gasteiger partial charge in [-0.15, -0.1) is 0 Å². The van der Waals surface area contributed by atoms with Crippen LogP contribution in [0.4, 0.5) is 0 Å². The van der Waals surface area contributed by atoms with Crippen LogP contribution in [0.25, 0.3) is 5.69 Å². The highest BCUT2D eigenvalue weighted by molar-refractivity contribution is 6.42. The number of nitrogens with zero attached hydrogens (tertiary/aromatic N) is 2. The van der Waals surface area contributed by atoms with E-state index in [0.29, 0.717) is 28.7 Å². The number of carboxylic acid groups (broad SMARTS) is 2. The Bertz CT molecular complexity index is 713. The van der Waals surface area contributed by atoms with Gasteiger partial charge in [0.15, 0.2) is 0 Å². The van der Waals surface area contributed by atoms with E-state index in [2.05, 4.69) is 4.98 Å². The molecule has 4 N–H and O–H groups in total. The number of imidazole rings is 1. The number of halogens is 2. The standard InChI is InChI=1S/C10H9Cl2N3.C4H4O4/c11-9-2-1-8(3-10(9)12)15-5-7(4-13)14-6-15;5-3(6)1-2-4(7)8/h1-3,5-6H,4,13H2;1-2H,(H,5,6)(H,7,8). The molecule has 0 spiro atoms. The van der Waals surface area contributed by atoms with Crippen molar-refractivity contribution in [3.05, 3.63) is 58.6 Å². The second-order valence-corrected chi connectivity index (χ2v) is 4.90. The third-order valence-corrected chi connectivity index (χ3v) is 3.15. The molecule has 0 unspecified atom stereocenters. The van der Waals surface area contributed by atoms with Crippen molar-refractivity contribution in [3.8, 4) is 5.69 Å². The van der Waals surface area contributed by atoms with Crippen molar-refractivity contribution in [1.82, 2.24) is 9.55 Å². The lowest BCUT2D eigenvalue weighted by molar-refractivity contribution is -0.134. The third-order valence-electron chi connectivity index (χ3n) is 2.42. The first kappa shape index (κ1) is 18.7. The summed E-state index contributed by atoms with van der Waals surface area (Å²) in [5.41, 5.74) is 7.22. The van der Waals surface area contributed by atoms with Gasteiger partial charge in [-0.25, -0.2) is 14.6 Å². The van der Waals surface area contributed by atoms with Gasteiger partial charge in [0.2, 0.25) is 0 Å². The van der Waals surface area contributed by atoms with E-state index < -0.39 is 11.9 Å². The fourth-order valence-corrected chi connectivity index (χ4v) is 1.69. The van der Waals surface area contributed by atoms with Crippen LogP contribution in [-0.2, 0) is 16.1 Å². The molecule has 0 amide bonds. The topological polar surface area (TPSA) is 118 Å². The number of rotatable bonds is 4. The predicted octanol–water partition coefficient (Wildman–Crippen LogP) is 2.35. The zero-order valence-corrected chi connectivity index (χ0v) is 13.2. The van der Waals surface area contributed by atoms with Crippen LogP contribution in [-0.4, -0.2) is 31.7 Å². The van der Waals surface area contributed by atoms with Crippen LogP contribution in [0.5, 0.6) is 0 Å². The van der Waals surface area contributed by atoms with E-state index >= 15 is 0 Å². The summed E-state index contributed by atoms with van der Waals surface area (Å²) in [5, 5.41) is 16.7. The van der Waals surface area contributed by atoms with Crippen LogP contribution in [0.15, 0.2) is 42.9 Å². The van der Waals surface area contributed by atoms with Crippen molar-refractivity contribution in [2.75, 3.05) is 0 Å². The summed E-state index contributed by atoms with van der Waals surface area (Å²) in [6.07, 6.45) is 4.67. The Hall–Kier alpha value is -2.35. The fraction of sp³-hybridized carbons (Fsp3) is 0.0714. The van der Waals surface area contributed by atoms with Crippen LogP contribution in [0, 0.1) is 0 Å². The molecular formula is C14H13Cl2N3O4. The summed E-state index contributed by atoms with van der Waals surface area (Å²) in [6.45, 7) is 0.425. The Morgan fingerprint density at radius 3 is 2.22 bits per heavy atom. The van der Waals surface area contributed by atoms with E-state index in [1.165, 1.54) is 0 Å². The monoisotopic (exact) mass is 357 g/mol. The van der Waals surface area contributed by atoms with Gasteiger partial charge in [-0.3, -0.25) is 0 Å². The van der Waals surface area contributed by atoms with Crippen molar-refractivity contribution in [2.24, 2.45) is 5.73 Å². The molecule has 9 heteroatoms. The largest absolute Gasteiger partial charge is 0.478 e.